The molecule has 0 amide bonds. The predicted molar refractivity (Wildman–Crippen MR) is 85.9 cm³/mol. The minimum absolute atomic E-state index is 0.490. The van der Waals surface area contributed by atoms with Gasteiger partial charge in [0.05, 0.1) is 18.0 Å². The summed E-state index contributed by atoms with van der Waals surface area (Å²) in [6.07, 6.45) is 11.4. The van der Waals surface area contributed by atoms with E-state index in [0.717, 1.165) is 25.3 Å². The molecule has 0 unspecified atom stereocenters. The van der Waals surface area contributed by atoms with E-state index in [4.69, 9.17) is 17.0 Å². The topological polar surface area (TPSA) is 46.2 Å². The van der Waals surface area contributed by atoms with Gasteiger partial charge < -0.3 is 15.4 Å². The molecule has 0 aliphatic heterocycles. The highest BCUT2D eigenvalue weighted by atomic mass is 32.1. The molecule has 0 aromatic carbocycles. The summed E-state index contributed by atoms with van der Waals surface area (Å²) >= 11 is 5.22. The monoisotopic (exact) mass is 293 g/mol. The molecule has 0 saturated heterocycles. The summed E-state index contributed by atoms with van der Waals surface area (Å²) in [6, 6.07) is 3.82. The zero-order chi connectivity index (χ0) is 14.0. The van der Waals surface area contributed by atoms with E-state index in [1.807, 2.05) is 12.1 Å². The summed E-state index contributed by atoms with van der Waals surface area (Å²) in [5, 5.41) is 6.92. The highest BCUT2D eigenvalue weighted by molar-refractivity contribution is 7.80. The van der Waals surface area contributed by atoms with Crippen molar-refractivity contribution >= 4 is 23.0 Å². The van der Waals surface area contributed by atoms with Crippen molar-refractivity contribution in [1.29, 1.82) is 0 Å². The third-order valence-electron chi connectivity index (χ3n) is 3.43. The molecule has 5 heteroatoms. The summed E-state index contributed by atoms with van der Waals surface area (Å²) in [6.45, 7) is 1.64. The highest BCUT2D eigenvalue weighted by Gasteiger charge is 2.12. The molecule has 0 radical (unpaired) electrons. The van der Waals surface area contributed by atoms with Gasteiger partial charge in [0.2, 0.25) is 0 Å². The first-order chi connectivity index (χ1) is 9.84. The molecule has 1 aromatic rings. The number of nitrogens with one attached hydrogen (secondary N) is 2. The lowest BCUT2D eigenvalue weighted by atomic mass is 9.98. The van der Waals surface area contributed by atoms with Crippen molar-refractivity contribution in [2.75, 3.05) is 18.5 Å². The molecule has 1 aliphatic rings. The van der Waals surface area contributed by atoms with E-state index in [1.54, 1.807) is 12.4 Å². The Hall–Kier alpha value is -1.20. The van der Waals surface area contributed by atoms with Gasteiger partial charge in [-0.3, -0.25) is 4.98 Å². The predicted octanol–water partition coefficient (Wildman–Crippen LogP) is 3.11. The van der Waals surface area contributed by atoms with Crippen molar-refractivity contribution in [3.8, 4) is 0 Å². The number of pyridine rings is 1. The van der Waals surface area contributed by atoms with Crippen LogP contribution in [0, 0.1) is 0 Å². The minimum atomic E-state index is 0.490. The first-order valence-corrected chi connectivity index (χ1v) is 7.82. The van der Waals surface area contributed by atoms with Crippen LogP contribution in [0.3, 0.4) is 0 Å². The van der Waals surface area contributed by atoms with Gasteiger partial charge >= 0.3 is 0 Å². The average Bonchev–Trinajstić information content (AvgIpc) is 2.49. The largest absolute Gasteiger partial charge is 0.378 e. The molecule has 2 N–H and O–H groups in total. The zero-order valence-corrected chi connectivity index (χ0v) is 12.6. The van der Waals surface area contributed by atoms with Crippen molar-refractivity contribution < 1.29 is 4.74 Å². The summed E-state index contributed by atoms with van der Waals surface area (Å²) in [5.41, 5.74) is 0.906. The van der Waals surface area contributed by atoms with Crippen LogP contribution in [-0.2, 0) is 4.74 Å². The maximum atomic E-state index is 5.87. The lowest BCUT2D eigenvalue weighted by molar-refractivity contribution is 0.0277. The van der Waals surface area contributed by atoms with Crippen LogP contribution >= 0.6 is 12.2 Å². The molecule has 1 saturated carbocycles. The maximum absolute atomic E-state index is 5.87. The molecule has 0 bridgehead atoms. The average molecular weight is 293 g/mol. The number of thiocarbonyl (C=S) groups is 1. The molecule has 1 aromatic heterocycles. The van der Waals surface area contributed by atoms with E-state index in [1.165, 1.54) is 32.1 Å². The van der Waals surface area contributed by atoms with Gasteiger partial charge in [0.25, 0.3) is 0 Å². The SMILES string of the molecule is S=C(NCCCOC1CCCCC1)Nc1cccnc1. The summed E-state index contributed by atoms with van der Waals surface area (Å²) < 4.78 is 5.87. The smallest absolute Gasteiger partial charge is 0.170 e. The van der Waals surface area contributed by atoms with Crippen LogP contribution in [0.5, 0.6) is 0 Å². The number of ether oxygens (including phenoxy) is 1. The standard InChI is InChI=1S/C15H23N3OS/c20-15(18-13-6-4-9-16-12-13)17-10-5-11-19-14-7-2-1-3-8-14/h4,6,9,12,14H,1-3,5,7-8,10-11H2,(H2,17,18,20). The summed E-state index contributed by atoms with van der Waals surface area (Å²) in [7, 11) is 0. The molecule has 2 rings (SSSR count). The Balaban J connectivity index is 1.51. The molecule has 0 spiro atoms. The van der Waals surface area contributed by atoms with E-state index < -0.39 is 0 Å². The van der Waals surface area contributed by atoms with Crippen LogP contribution in [0.25, 0.3) is 0 Å². The van der Waals surface area contributed by atoms with E-state index >= 15 is 0 Å². The van der Waals surface area contributed by atoms with Crippen LogP contribution in [0.4, 0.5) is 5.69 Å². The first-order valence-electron chi connectivity index (χ1n) is 7.41. The molecular formula is C15H23N3OS. The lowest BCUT2D eigenvalue weighted by Gasteiger charge is -2.22. The van der Waals surface area contributed by atoms with Gasteiger partial charge in [0, 0.05) is 19.3 Å². The molecular weight excluding hydrogens is 270 g/mol. The van der Waals surface area contributed by atoms with Crippen molar-refractivity contribution in [2.24, 2.45) is 0 Å². The normalized spacial score (nSPS) is 15.8. The van der Waals surface area contributed by atoms with Crippen LogP contribution in [0.1, 0.15) is 38.5 Å². The fraction of sp³-hybridized carbons (Fsp3) is 0.600. The van der Waals surface area contributed by atoms with Crippen molar-refractivity contribution in [1.82, 2.24) is 10.3 Å². The third-order valence-corrected chi connectivity index (χ3v) is 3.68. The lowest BCUT2D eigenvalue weighted by Crippen LogP contribution is -2.30. The Morgan fingerprint density at radius 2 is 2.20 bits per heavy atom. The number of hydrogen-bond acceptors (Lipinski definition) is 3. The molecule has 4 nitrogen and oxygen atoms in total. The van der Waals surface area contributed by atoms with E-state index in [-0.39, 0.29) is 0 Å². The van der Waals surface area contributed by atoms with Gasteiger partial charge in [-0.1, -0.05) is 19.3 Å². The van der Waals surface area contributed by atoms with Gasteiger partial charge in [-0.2, -0.15) is 0 Å². The molecule has 1 aliphatic carbocycles. The Kier molecular flexibility index (Phi) is 6.74. The van der Waals surface area contributed by atoms with E-state index in [2.05, 4.69) is 15.6 Å². The number of hydrogen-bond donors (Lipinski definition) is 2. The maximum Gasteiger partial charge on any atom is 0.170 e. The van der Waals surface area contributed by atoms with Gasteiger partial charge in [-0.15, -0.1) is 0 Å². The minimum Gasteiger partial charge on any atom is -0.378 e. The fourth-order valence-electron chi connectivity index (χ4n) is 2.37. The number of aromatic nitrogens is 1. The van der Waals surface area contributed by atoms with Gasteiger partial charge in [-0.05, 0) is 43.6 Å². The second-order valence-corrected chi connectivity index (χ2v) is 5.52. The van der Waals surface area contributed by atoms with Gasteiger partial charge in [0.15, 0.2) is 5.11 Å². The van der Waals surface area contributed by atoms with E-state index in [0.29, 0.717) is 11.2 Å². The molecule has 20 heavy (non-hydrogen) atoms. The molecule has 1 fully saturated rings. The fourth-order valence-corrected chi connectivity index (χ4v) is 2.59. The van der Waals surface area contributed by atoms with E-state index in [9.17, 15) is 0 Å². The van der Waals surface area contributed by atoms with Gasteiger partial charge in [-0.25, -0.2) is 0 Å². The Bertz CT molecular complexity index is 393. The van der Waals surface area contributed by atoms with Crippen molar-refractivity contribution in [3.05, 3.63) is 24.5 Å². The summed E-state index contributed by atoms with van der Waals surface area (Å²) in [5.74, 6) is 0. The van der Waals surface area contributed by atoms with Crippen LogP contribution in [0.15, 0.2) is 24.5 Å². The van der Waals surface area contributed by atoms with Crippen LogP contribution < -0.4 is 10.6 Å². The van der Waals surface area contributed by atoms with Crippen molar-refractivity contribution in [2.45, 2.75) is 44.6 Å². The third kappa shape index (κ3) is 5.84. The highest BCUT2D eigenvalue weighted by Crippen LogP contribution is 2.20. The molecule has 110 valence electrons. The second-order valence-electron chi connectivity index (χ2n) is 5.11. The first kappa shape index (κ1) is 15.2. The Morgan fingerprint density at radius 3 is 2.95 bits per heavy atom. The Labute approximate surface area is 126 Å². The van der Waals surface area contributed by atoms with Gasteiger partial charge in [0.1, 0.15) is 0 Å². The molecule has 1 heterocycles. The van der Waals surface area contributed by atoms with Crippen LogP contribution in [-0.4, -0.2) is 29.4 Å². The number of nitrogens with zero attached hydrogens (tertiary/aromatic N) is 1. The zero-order valence-electron chi connectivity index (χ0n) is 11.8. The van der Waals surface area contributed by atoms with Crippen molar-refractivity contribution in [3.63, 3.8) is 0 Å². The summed E-state index contributed by atoms with van der Waals surface area (Å²) in [4.78, 5) is 4.03. The second kappa shape index (κ2) is 8.87. The number of rotatable bonds is 6. The quantitative estimate of drug-likeness (QED) is 0.623. The number of anilines is 1. The van der Waals surface area contributed by atoms with Crippen LogP contribution in [0.2, 0.25) is 0 Å². The Morgan fingerprint density at radius 1 is 1.35 bits per heavy atom. The molecule has 0 atom stereocenters.